The van der Waals surface area contributed by atoms with Gasteiger partial charge in [-0.05, 0) is 54.7 Å². The Morgan fingerprint density at radius 2 is 1.59 bits per heavy atom. The molecule has 1 saturated heterocycles. The monoisotopic (exact) mass is 632 g/mol. The number of amides is 2. The minimum atomic E-state index is -4.18. The van der Waals surface area contributed by atoms with Gasteiger partial charge in [0.2, 0.25) is 5.91 Å². The second-order valence-electron chi connectivity index (χ2n) is 12.7. The third-order valence-corrected chi connectivity index (χ3v) is 11.9. The van der Waals surface area contributed by atoms with Crippen molar-refractivity contribution >= 4 is 27.4 Å². The van der Waals surface area contributed by atoms with E-state index in [0.29, 0.717) is 17.7 Å². The summed E-state index contributed by atoms with van der Waals surface area (Å²) in [5, 5.41) is 0. The van der Waals surface area contributed by atoms with Crippen molar-refractivity contribution in [1.29, 1.82) is 0 Å². The van der Waals surface area contributed by atoms with Crippen LogP contribution in [0, 0.1) is 18.3 Å². The first-order valence-electron chi connectivity index (χ1n) is 15.5. The van der Waals surface area contributed by atoms with Gasteiger partial charge in [0.15, 0.2) is 0 Å². The fraction of sp³-hybridized carbons (Fsp3) is 0.263. The number of nitrogens with zero attached hydrogens (tertiary/aromatic N) is 1. The molecule has 4 aliphatic rings. The molecule has 4 aromatic rings. The first-order valence-corrected chi connectivity index (χ1v) is 17.0. The number of likely N-dealkylation sites (tertiary alicyclic amines) is 1. The lowest BCUT2D eigenvalue weighted by molar-refractivity contribution is -0.137. The Morgan fingerprint density at radius 3 is 2.33 bits per heavy atom. The molecule has 2 amide bonds. The first kappa shape index (κ1) is 30.0. The molecule has 8 heteroatoms. The lowest BCUT2D eigenvalue weighted by Crippen LogP contribution is -2.63. The molecule has 4 atom stereocenters. The van der Waals surface area contributed by atoms with Gasteiger partial charge in [-0.15, -0.1) is 0 Å². The molecule has 46 heavy (non-hydrogen) atoms. The molecule has 0 aromatic heterocycles. The summed E-state index contributed by atoms with van der Waals surface area (Å²) in [5.74, 6) is -1.03. The van der Waals surface area contributed by atoms with Gasteiger partial charge in [-0.3, -0.25) is 9.59 Å². The fourth-order valence-electron chi connectivity index (χ4n) is 8.56. The number of para-hydroxylation sites is 1. The van der Waals surface area contributed by atoms with Crippen LogP contribution < -0.4 is 9.46 Å². The third-order valence-electron chi connectivity index (χ3n) is 10.6. The molecule has 1 N–H and O–H groups in total. The zero-order valence-electron chi connectivity index (χ0n) is 25.9. The zero-order valence-corrected chi connectivity index (χ0v) is 26.7. The molecule has 1 saturated carbocycles. The lowest BCUT2D eigenvalue weighted by atomic mass is 9.42. The van der Waals surface area contributed by atoms with Gasteiger partial charge in [-0.25, -0.2) is 13.1 Å². The number of hydrogen-bond acceptors (Lipinski definition) is 5. The van der Waals surface area contributed by atoms with Crippen LogP contribution in [0.15, 0.2) is 115 Å². The Bertz CT molecular complexity index is 1970. The largest absolute Gasteiger partial charge is 0.496 e. The molecular formula is C38H36N2O5S. The van der Waals surface area contributed by atoms with Crippen molar-refractivity contribution < 1.29 is 22.7 Å². The van der Waals surface area contributed by atoms with Crippen molar-refractivity contribution in [2.75, 3.05) is 20.2 Å². The summed E-state index contributed by atoms with van der Waals surface area (Å²) in [6, 6.07) is 31.8. The van der Waals surface area contributed by atoms with Crippen molar-refractivity contribution in [2.24, 2.45) is 11.3 Å². The van der Waals surface area contributed by atoms with Crippen LogP contribution in [0.2, 0.25) is 0 Å². The topological polar surface area (TPSA) is 92.8 Å². The maximum Gasteiger partial charge on any atom is 0.264 e. The quantitative estimate of drug-likeness (QED) is 0.259. The Balaban J connectivity index is 1.39. The second kappa shape index (κ2) is 11.0. The van der Waals surface area contributed by atoms with Crippen LogP contribution in [0.4, 0.5) is 0 Å². The molecule has 234 valence electrons. The highest BCUT2D eigenvalue weighted by Gasteiger charge is 2.70. The number of ether oxygens (including phenoxy) is 1. The Hall–Kier alpha value is -4.69. The van der Waals surface area contributed by atoms with Crippen LogP contribution in [0.5, 0.6) is 5.75 Å². The molecule has 4 unspecified atom stereocenters. The predicted molar refractivity (Wildman–Crippen MR) is 177 cm³/mol. The zero-order chi connectivity index (χ0) is 32.3. The highest BCUT2D eigenvalue weighted by atomic mass is 32.2. The molecule has 8 rings (SSSR count). The number of hydrogen-bond donors (Lipinski definition) is 1. The number of methoxy groups -OCH3 is 1. The van der Waals surface area contributed by atoms with Crippen molar-refractivity contribution in [3.8, 4) is 5.75 Å². The van der Waals surface area contributed by atoms with Gasteiger partial charge in [0.05, 0.1) is 17.4 Å². The number of carbonyl (C=O) groups excluding carboxylic acids is 2. The van der Waals surface area contributed by atoms with Gasteiger partial charge < -0.3 is 9.64 Å². The van der Waals surface area contributed by atoms with Crippen molar-refractivity contribution in [2.45, 2.75) is 36.0 Å². The van der Waals surface area contributed by atoms with Crippen molar-refractivity contribution in [3.05, 3.63) is 138 Å². The number of sulfonamides is 1. The predicted octanol–water partition coefficient (Wildman–Crippen LogP) is 5.84. The maximum atomic E-state index is 14.9. The van der Waals surface area contributed by atoms with Crippen molar-refractivity contribution in [3.63, 3.8) is 0 Å². The molecule has 0 spiro atoms. The standard InChI is InChI=1S/C38H36N2O5S/c1-25-17-19-27(20-18-25)37-22-21-32(30-14-7-9-15-31(30)37)38(36(42)39-46(43,44)28-11-5-4-6-12-28)24-40(23-34(37)38)35(41)26(2)29-13-8-10-16-33(29)45-3/h4-20,32,34H,2,21-24H2,1,3H3,(H,39,42). The number of rotatable bonds is 7. The Morgan fingerprint density at radius 1 is 0.913 bits per heavy atom. The number of carbonyl (C=O) groups is 2. The smallest absolute Gasteiger partial charge is 0.264 e. The van der Waals surface area contributed by atoms with Gasteiger partial charge in [0, 0.05) is 41.5 Å². The van der Waals surface area contributed by atoms with Crippen LogP contribution >= 0.6 is 0 Å². The summed E-state index contributed by atoms with van der Waals surface area (Å²) in [6.07, 6.45) is 1.45. The van der Waals surface area contributed by atoms with E-state index >= 15 is 0 Å². The average molecular weight is 633 g/mol. The first-order chi connectivity index (χ1) is 22.1. The summed E-state index contributed by atoms with van der Waals surface area (Å²) in [7, 11) is -2.63. The number of nitrogens with one attached hydrogen (secondary N) is 1. The van der Waals surface area contributed by atoms with Gasteiger partial charge in [-0.2, -0.15) is 0 Å². The fourth-order valence-corrected chi connectivity index (χ4v) is 9.63. The molecular weight excluding hydrogens is 596 g/mol. The van der Waals surface area contributed by atoms with Crippen LogP contribution in [0.25, 0.3) is 5.57 Å². The summed E-state index contributed by atoms with van der Waals surface area (Å²) < 4.78 is 35.3. The number of benzene rings is 4. The molecule has 2 bridgehead atoms. The van der Waals surface area contributed by atoms with Gasteiger partial charge >= 0.3 is 0 Å². The van der Waals surface area contributed by atoms with E-state index in [1.54, 1.807) is 42.3 Å². The normalized spacial score (nSPS) is 24.5. The molecule has 2 fully saturated rings. The second-order valence-corrected chi connectivity index (χ2v) is 14.4. The van der Waals surface area contributed by atoms with Crippen LogP contribution in [-0.2, 0) is 25.0 Å². The molecule has 4 aromatic carbocycles. The third kappa shape index (κ3) is 4.34. The Kier molecular flexibility index (Phi) is 7.16. The highest BCUT2D eigenvalue weighted by Crippen LogP contribution is 2.69. The summed E-state index contributed by atoms with van der Waals surface area (Å²) >= 11 is 0. The van der Waals surface area contributed by atoms with E-state index in [1.165, 1.54) is 12.1 Å². The summed E-state index contributed by atoms with van der Waals surface area (Å²) in [6.45, 7) is 6.54. The molecule has 3 aliphatic carbocycles. The molecule has 1 heterocycles. The SMILES string of the molecule is C=C(C(=O)N1CC2C3(c4ccc(C)cc4)CCC(c4ccccc43)C2(C(=O)NS(=O)(=O)c2ccccc2)C1)c1ccccc1OC. The van der Waals surface area contributed by atoms with E-state index in [1.807, 2.05) is 31.2 Å². The molecule has 1 aliphatic heterocycles. The van der Waals surface area contributed by atoms with E-state index < -0.39 is 32.7 Å². The molecule has 7 nitrogen and oxygen atoms in total. The lowest BCUT2D eigenvalue weighted by Gasteiger charge is -2.60. The van der Waals surface area contributed by atoms with E-state index in [9.17, 15) is 18.0 Å². The summed E-state index contributed by atoms with van der Waals surface area (Å²) in [4.78, 5) is 30.9. The minimum Gasteiger partial charge on any atom is -0.496 e. The summed E-state index contributed by atoms with van der Waals surface area (Å²) in [5.41, 5.74) is 3.38. The Labute approximate surface area is 270 Å². The maximum absolute atomic E-state index is 14.9. The van der Waals surface area contributed by atoms with Gasteiger partial charge in [0.1, 0.15) is 5.75 Å². The van der Waals surface area contributed by atoms with Crippen LogP contribution in [0.1, 0.15) is 46.6 Å². The van der Waals surface area contributed by atoms with Gasteiger partial charge in [-0.1, -0.05) is 97.1 Å². The van der Waals surface area contributed by atoms with Crippen molar-refractivity contribution in [1.82, 2.24) is 9.62 Å². The van der Waals surface area contributed by atoms with E-state index in [2.05, 4.69) is 47.7 Å². The van der Waals surface area contributed by atoms with Crippen LogP contribution in [-0.4, -0.2) is 45.3 Å². The number of aryl methyl sites for hydroxylation is 1. The van der Waals surface area contributed by atoms with E-state index in [0.717, 1.165) is 28.7 Å². The van der Waals surface area contributed by atoms with E-state index in [-0.39, 0.29) is 35.4 Å². The highest BCUT2D eigenvalue weighted by molar-refractivity contribution is 7.90. The van der Waals surface area contributed by atoms with Gasteiger partial charge in [0.25, 0.3) is 15.9 Å². The van der Waals surface area contributed by atoms with Crippen LogP contribution in [0.3, 0.4) is 0 Å². The van der Waals surface area contributed by atoms with E-state index in [4.69, 9.17) is 4.74 Å². The molecule has 0 radical (unpaired) electrons. The average Bonchev–Trinajstić information content (AvgIpc) is 3.52. The number of fused-ring (bicyclic) bond motifs is 1. The minimum absolute atomic E-state index is 0.0152.